The van der Waals surface area contributed by atoms with Crippen LogP contribution in [-0.4, -0.2) is 20.5 Å². The minimum atomic E-state index is -2.62. The van der Waals surface area contributed by atoms with Crippen LogP contribution in [0.3, 0.4) is 0 Å². The summed E-state index contributed by atoms with van der Waals surface area (Å²) in [4.78, 5) is 4.26. The summed E-state index contributed by atoms with van der Waals surface area (Å²) in [7, 11) is -1.21. The Hall–Kier alpha value is -2.51. The van der Waals surface area contributed by atoms with E-state index in [0.717, 1.165) is 16.7 Å². The number of fused-ring (bicyclic) bond motifs is 1. The van der Waals surface area contributed by atoms with Crippen molar-refractivity contribution < 1.29 is 17.5 Å². The first-order valence-electron chi connectivity index (χ1n) is 7.18. The van der Waals surface area contributed by atoms with E-state index in [1.54, 1.807) is 12.3 Å². The molecule has 0 aliphatic carbocycles. The number of thiol groups is 1. The van der Waals surface area contributed by atoms with Crippen LogP contribution in [0.5, 0.6) is 5.75 Å². The SMILES string of the molecule is COc1cc2nccc(-c3ccc(CN[SH](=O)=O)cc3)c2cc1F. The van der Waals surface area contributed by atoms with E-state index in [0.29, 0.717) is 10.9 Å². The molecular formula is C17H15FN2O3S. The largest absolute Gasteiger partial charge is 0.494 e. The summed E-state index contributed by atoms with van der Waals surface area (Å²) in [5, 5.41) is 0.685. The third-order valence-corrected chi connectivity index (χ3v) is 4.11. The van der Waals surface area contributed by atoms with Crippen LogP contribution in [0.15, 0.2) is 48.7 Å². The summed E-state index contributed by atoms with van der Waals surface area (Å²) in [6.45, 7) is 0.238. The Bertz CT molecular complexity index is 948. The molecule has 1 heterocycles. The number of halogens is 1. The normalized spacial score (nSPS) is 11.1. The quantitative estimate of drug-likeness (QED) is 0.697. The van der Waals surface area contributed by atoms with Gasteiger partial charge in [-0.3, -0.25) is 4.98 Å². The third-order valence-electron chi connectivity index (χ3n) is 3.69. The molecule has 0 saturated heterocycles. The van der Waals surface area contributed by atoms with Gasteiger partial charge in [0.25, 0.3) is 0 Å². The van der Waals surface area contributed by atoms with Gasteiger partial charge in [-0.15, -0.1) is 0 Å². The molecule has 0 amide bonds. The van der Waals surface area contributed by atoms with Gasteiger partial charge in [0, 0.05) is 24.2 Å². The van der Waals surface area contributed by atoms with Crippen molar-refractivity contribution in [3.8, 4) is 16.9 Å². The molecule has 1 N–H and O–H groups in total. The van der Waals surface area contributed by atoms with E-state index in [1.165, 1.54) is 13.2 Å². The molecule has 0 bridgehead atoms. The lowest BCUT2D eigenvalue weighted by Gasteiger charge is -2.09. The number of nitrogens with zero attached hydrogens (tertiary/aromatic N) is 1. The summed E-state index contributed by atoms with van der Waals surface area (Å²) in [5.41, 5.74) is 3.21. The first-order chi connectivity index (χ1) is 11.6. The topological polar surface area (TPSA) is 68.3 Å². The fourth-order valence-corrected chi connectivity index (χ4v) is 2.82. The number of pyridine rings is 1. The van der Waals surface area contributed by atoms with Crippen molar-refractivity contribution in [2.75, 3.05) is 7.11 Å². The molecule has 0 aliphatic rings. The summed E-state index contributed by atoms with van der Waals surface area (Å²) < 4.78 is 42.5. The number of hydrogen-bond donors (Lipinski definition) is 2. The van der Waals surface area contributed by atoms with Crippen LogP contribution < -0.4 is 9.46 Å². The second kappa shape index (κ2) is 6.94. The van der Waals surface area contributed by atoms with Crippen LogP contribution in [0.2, 0.25) is 0 Å². The molecule has 5 nitrogen and oxygen atoms in total. The van der Waals surface area contributed by atoms with Crippen LogP contribution in [0, 0.1) is 5.82 Å². The fraction of sp³-hybridized carbons (Fsp3) is 0.118. The van der Waals surface area contributed by atoms with Gasteiger partial charge >= 0.3 is 0 Å². The zero-order valence-electron chi connectivity index (χ0n) is 12.8. The van der Waals surface area contributed by atoms with Crippen LogP contribution in [0.4, 0.5) is 4.39 Å². The van der Waals surface area contributed by atoms with E-state index in [1.807, 2.05) is 30.3 Å². The summed E-state index contributed by atoms with van der Waals surface area (Å²) in [6.07, 6.45) is 1.66. The molecule has 3 aromatic rings. The Morgan fingerprint density at radius 1 is 1.17 bits per heavy atom. The molecule has 0 radical (unpaired) electrons. The van der Waals surface area contributed by atoms with E-state index >= 15 is 0 Å². The molecule has 0 atom stereocenters. The van der Waals surface area contributed by atoms with Gasteiger partial charge in [-0.2, -0.15) is 0 Å². The number of hydrogen-bond acceptors (Lipinski definition) is 4. The molecule has 0 spiro atoms. The van der Waals surface area contributed by atoms with Gasteiger partial charge in [0.05, 0.1) is 12.6 Å². The molecule has 2 aromatic carbocycles. The zero-order valence-corrected chi connectivity index (χ0v) is 13.7. The minimum Gasteiger partial charge on any atom is -0.494 e. The molecule has 0 unspecified atom stereocenters. The van der Waals surface area contributed by atoms with Crippen molar-refractivity contribution in [1.82, 2.24) is 9.71 Å². The number of benzene rings is 2. The van der Waals surface area contributed by atoms with Gasteiger partial charge in [-0.1, -0.05) is 24.3 Å². The Labute approximate surface area is 140 Å². The van der Waals surface area contributed by atoms with E-state index in [-0.39, 0.29) is 12.3 Å². The maximum absolute atomic E-state index is 14.0. The predicted molar refractivity (Wildman–Crippen MR) is 90.8 cm³/mol. The molecule has 124 valence electrons. The number of methoxy groups -OCH3 is 1. The van der Waals surface area contributed by atoms with E-state index < -0.39 is 16.7 Å². The number of aromatic nitrogens is 1. The Morgan fingerprint density at radius 3 is 2.58 bits per heavy atom. The molecule has 1 aromatic heterocycles. The summed E-state index contributed by atoms with van der Waals surface area (Å²) in [5.74, 6) is -0.292. The van der Waals surface area contributed by atoms with Gasteiger partial charge in [0.2, 0.25) is 10.9 Å². The molecule has 0 fully saturated rings. The molecule has 7 heteroatoms. The number of rotatable bonds is 5. The van der Waals surface area contributed by atoms with E-state index in [2.05, 4.69) is 9.71 Å². The number of nitrogens with one attached hydrogen (secondary N) is 1. The van der Waals surface area contributed by atoms with Crippen LogP contribution in [-0.2, 0) is 17.4 Å². The molecule has 0 aliphatic heterocycles. The zero-order chi connectivity index (χ0) is 17.1. The lowest BCUT2D eigenvalue weighted by atomic mass is 10.00. The average Bonchev–Trinajstić information content (AvgIpc) is 2.59. The highest BCUT2D eigenvalue weighted by Gasteiger charge is 2.10. The third kappa shape index (κ3) is 3.37. The Balaban J connectivity index is 2.01. The second-order valence-electron chi connectivity index (χ2n) is 5.15. The molecule has 0 saturated carbocycles. The molecular weight excluding hydrogens is 331 g/mol. The average molecular weight is 346 g/mol. The summed E-state index contributed by atoms with van der Waals surface area (Å²) in [6, 6.07) is 12.2. The highest BCUT2D eigenvalue weighted by molar-refractivity contribution is 7.70. The lowest BCUT2D eigenvalue weighted by molar-refractivity contribution is 0.387. The van der Waals surface area contributed by atoms with Gasteiger partial charge in [-0.05, 0) is 28.8 Å². The maximum atomic E-state index is 14.0. The predicted octanol–water partition coefficient (Wildman–Crippen LogP) is 2.67. The van der Waals surface area contributed by atoms with Crippen LogP contribution in [0.25, 0.3) is 22.0 Å². The van der Waals surface area contributed by atoms with E-state index in [4.69, 9.17) is 4.74 Å². The highest BCUT2D eigenvalue weighted by atomic mass is 32.2. The smallest absolute Gasteiger partial charge is 0.201 e. The van der Waals surface area contributed by atoms with Crippen molar-refractivity contribution in [3.63, 3.8) is 0 Å². The van der Waals surface area contributed by atoms with Crippen molar-refractivity contribution in [2.45, 2.75) is 6.54 Å². The van der Waals surface area contributed by atoms with E-state index in [9.17, 15) is 12.8 Å². The van der Waals surface area contributed by atoms with Crippen molar-refractivity contribution in [2.24, 2.45) is 0 Å². The number of ether oxygens (including phenoxy) is 1. The molecule has 3 rings (SSSR count). The van der Waals surface area contributed by atoms with Gasteiger partial charge < -0.3 is 4.74 Å². The minimum absolute atomic E-state index is 0.153. The Kier molecular flexibility index (Phi) is 4.73. The van der Waals surface area contributed by atoms with Crippen LogP contribution in [0.1, 0.15) is 5.56 Å². The first kappa shape index (κ1) is 16.4. The van der Waals surface area contributed by atoms with Crippen LogP contribution >= 0.6 is 0 Å². The summed E-state index contributed by atoms with van der Waals surface area (Å²) >= 11 is 0. The lowest BCUT2D eigenvalue weighted by Crippen LogP contribution is -2.09. The van der Waals surface area contributed by atoms with Gasteiger partial charge in [0.15, 0.2) is 11.6 Å². The maximum Gasteiger partial charge on any atom is 0.201 e. The fourth-order valence-electron chi connectivity index (χ4n) is 2.51. The first-order valence-corrected chi connectivity index (χ1v) is 8.35. The van der Waals surface area contributed by atoms with Crippen molar-refractivity contribution in [3.05, 3.63) is 60.0 Å². The van der Waals surface area contributed by atoms with Gasteiger partial charge in [-0.25, -0.2) is 17.5 Å². The molecule has 24 heavy (non-hydrogen) atoms. The monoisotopic (exact) mass is 346 g/mol. The second-order valence-corrected chi connectivity index (χ2v) is 5.98. The van der Waals surface area contributed by atoms with Gasteiger partial charge in [0.1, 0.15) is 0 Å². The van der Waals surface area contributed by atoms with Crippen molar-refractivity contribution >= 4 is 21.8 Å². The highest BCUT2D eigenvalue weighted by Crippen LogP contribution is 2.31. The van der Waals surface area contributed by atoms with Crippen molar-refractivity contribution in [1.29, 1.82) is 0 Å². The Morgan fingerprint density at radius 2 is 1.92 bits per heavy atom. The standard InChI is InChI=1S/C17H15FN2O3S/c1-23-17-9-16-14(8-15(17)18)13(6-7-19-16)12-4-2-11(3-5-12)10-20-24(21)22/h2-9,24H,10H2,1H3,(H,20,21,22).